The maximum Gasteiger partial charge on any atom is 0.284 e. The Morgan fingerprint density at radius 3 is 2.64 bits per heavy atom. The van der Waals surface area contributed by atoms with E-state index in [1.807, 2.05) is 0 Å². The van der Waals surface area contributed by atoms with Gasteiger partial charge in [-0.05, 0) is 22.6 Å². The predicted octanol–water partition coefficient (Wildman–Crippen LogP) is 3.19. The van der Waals surface area contributed by atoms with E-state index in [-0.39, 0.29) is 3.70 Å². The van der Waals surface area contributed by atoms with E-state index >= 15 is 0 Å². The third-order valence-electron chi connectivity index (χ3n) is 1.37. The van der Waals surface area contributed by atoms with E-state index in [0.29, 0.717) is 0 Å². The number of hydrogen-bond donors (Lipinski definition) is 0. The van der Waals surface area contributed by atoms with Crippen LogP contribution < -0.4 is 0 Å². The molecule has 1 heterocycles. The zero-order chi connectivity index (χ0) is 10.9. The maximum atomic E-state index is 12.3. The highest BCUT2D eigenvalue weighted by molar-refractivity contribution is 14.1. The number of halogens is 4. The number of pyridine rings is 1. The topological polar surface area (TPSA) is 56.0 Å². The Labute approximate surface area is 95.6 Å². The molecular formula is C6H2ClF2IN2O2. The first-order valence-electron chi connectivity index (χ1n) is 3.22. The van der Waals surface area contributed by atoms with Crippen LogP contribution in [0.3, 0.4) is 0 Å². The third-order valence-corrected chi connectivity index (χ3v) is 2.21. The Bertz CT molecular complexity index is 388. The minimum Gasteiger partial charge on any atom is -0.258 e. The average Bonchev–Trinajstić information content (AvgIpc) is 2.01. The zero-order valence-corrected chi connectivity index (χ0v) is 9.29. The van der Waals surface area contributed by atoms with Crippen molar-refractivity contribution in [2.45, 2.75) is 6.43 Å². The van der Waals surface area contributed by atoms with Gasteiger partial charge in [0.15, 0.2) is 0 Å². The maximum absolute atomic E-state index is 12.3. The fraction of sp³-hybridized carbons (Fsp3) is 0.167. The summed E-state index contributed by atoms with van der Waals surface area (Å²) in [5, 5.41) is 9.88. The second kappa shape index (κ2) is 4.30. The van der Waals surface area contributed by atoms with Gasteiger partial charge in [-0.3, -0.25) is 10.1 Å². The first kappa shape index (κ1) is 11.5. The van der Waals surface area contributed by atoms with Crippen LogP contribution in [0.4, 0.5) is 14.5 Å². The zero-order valence-electron chi connectivity index (χ0n) is 6.38. The molecule has 1 rings (SSSR count). The van der Waals surface area contributed by atoms with Crippen molar-refractivity contribution in [3.05, 3.63) is 30.6 Å². The normalized spacial score (nSPS) is 10.6. The predicted molar refractivity (Wildman–Crippen MR) is 53.6 cm³/mol. The number of hydrogen-bond acceptors (Lipinski definition) is 3. The lowest BCUT2D eigenvalue weighted by molar-refractivity contribution is -0.386. The highest BCUT2D eigenvalue weighted by Gasteiger charge is 2.26. The van der Waals surface area contributed by atoms with Crippen LogP contribution in [-0.2, 0) is 0 Å². The molecule has 0 aliphatic heterocycles. The molecule has 1 aromatic heterocycles. The Morgan fingerprint density at radius 2 is 2.21 bits per heavy atom. The molecule has 0 bridgehead atoms. The van der Waals surface area contributed by atoms with Crippen LogP contribution in [0, 0.1) is 13.8 Å². The van der Waals surface area contributed by atoms with Crippen LogP contribution in [0.25, 0.3) is 0 Å². The van der Waals surface area contributed by atoms with E-state index in [0.717, 1.165) is 6.07 Å². The molecule has 0 aromatic carbocycles. The molecule has 14 heavy (non-hydrogen) atoms. The smallest absolute Gasteiger partial charge is 0.258 e. The lowest BCUT2D eigenvalue weighted by Crippen LogP contribution is -2.00. The lowest BCUT2D eigenvalue weighted by Gasteiger charge is -2.03. The van der Waals surface area contributed by atoms with Crippen LogP contribution in [0.2, 0.25) is 5.15 Å². The van der Waals surface area contributed by atoms with Gasteiger partial charge in [-0.15, -0.1) is 0 Å². The van der Waals surface area contributed by atoms with Gasteiger partial charge in [-0.2, -0.15) is 0 Å². The summed E-state index contributed by atoms with van der Waals surface area (Å²) in [5.74, 6) is 0. The van der Waals surface area contributed by atoms with E-state index in [2.05, 4.69) is 4.98 Å². The summed E-state index contributed by atoms with van der Waals surface area (Å²) >= 11 is 7.03. The van der Waals surface area contributed by atoms with Crippen molar-refractivity contribution < 1.29 is 13.7 Å². The summed E-state index contributed by atoms with van der Waals surface area (Å²) in [6.07, 6.45) is -3.01. The molecule has 0 spiro atoms. The summed E-state index contributed by atoms with van der Waals surface area (Å²) in [5.41, 5.74) is -1.54. The highest BCUT2D eigenvalue weighted by atomic mass is 127. The first-order chi connectivity index (χ1) is 6.43. The third kappa shape index (κ3) is 2.27. The Hall–Kier alpha value is -0.570. The second-order valence-corrected chi connectivity index (χ2v) is 3.69. The molecule has 0 amide bonds. The van der Waals surface area contributed by atoms with E-state index in [1.54, 1.807) is 22.6 Å². The minimum atomic E-state index is -3.01. The molecule has 76 valence electrons. The molecule has 0 saturated carbocycles. The van der Waals surface area contributed by atoms with Gasteiger partial charge in [0.25, 0.3) is 12.1 Å². The summed E-state index contributed by atoms with van der Waals surface area (Å²) in [7, 11) is 0. The Morgan fingerprint density at radius 1 is 1.64 bits per heavy atom. The van der Waals surface area contributed by atoms with Crippen LogP contribution >= 0.6 is 34.2 Å². The van der Waals surface area contributed by atoms with Gasteiger partial charge < -0.3 is 0 Å². The molecule has 0 radical (unpaired) electrons. The largest absolute Gasteiger partial charge is 0.284 e. The standard InChI is InChI=1S/C6H2ClF2IN2O2/c7-5-4(6(8)9)2(12(13)14)1-3(10)11-5/h1,6H. The van der Waals surface area contributed by atoms with E-state index < -0.39 is 27.8 Å². The molecule has 1 aromatic rings. The molecule has 0 fully saturated rings. The van der Waals surface area contributed by atoms with Gasteiger partial charge in [0.1, 0.15) is 14.4 Å². The fourth-order valence-electron chi connectivity index (χ4n) is 0.835. The highest BCUT2D eigenvalue weighted by Crippen LogP contribution is 2.34. The van der Waals surface area contributed by atoms with Crippen molar-refractivity contribution in [1.82, 2.24) is 4.98 Å². The van der Waals surface area contributed by atoms with Gasteiger partial charge in [0, 0.05) is 6.07 Å². The quantitative estimate of drug-likeness (QED) is 0.361. The molecule has 0 N–H and O–H groups in total. The van der Waals surface area contributed by atoms with Crippen molar-refractivity contribution >= 4 is 39.9 Å². The average molecular weight is 334 g/mol. The molecule has 0 aliphatic rings. The van der Waals surface area contributed by atoms with Crippen LogP contribution in [-0.4, -0.2) is 9.91 Å². The Balaban J connectivity index is 3.44. The minimum absolute atomic E-state index is 0.198. The number of aromatic nitrogens is 1. The summed E-state index contributed by atoms with van der Waals surface area (Å²) in [6.45, 7) is 0. The molecule has 0 atom stereocenters. The number of alkyl halides is 2. The van der Waals surface area contributed by atoms with E-state index in [1.165, 1.54) is 0 Å². The number of nitrogens with zero attached hydrogens (tertiary/aromatic N) is 2. The SMILES string of the molecule is O=[N+]([O-])c1cc(I)nc(Cl)c1C(F)F. The van der Waals surface area contributed by atoms with Crippen molar-refractivity contribution in [3.8, 4) is 0 Å². The molecular weight excluding hydrogens is 332 g/mol. The van der Waals surface area contributed by atoms with Gasteiger partial charge in [0.2, 0.25) is 0 Å². The van der Waals surface area contributed by atoms with Gasteiger partial charge in [-0.1, -0.05) is 11.6 Å². The molecule has 0 unspecified atom stereocenters. The van der Waals surface area contributed by atoms with Crippen LogP contribution in [0.15, 0.2) is 6.07 Å². The second-order valence-electron chi connectivity index (χ2n) is 2.23. The lowest BCUT2D eigenvalue weighted by atomic mass is 10.2. The molecule has 4 nitrogen and oxygen atoms in total. The van der Waals surface area contributed by atoms with Crippen molar-refractivity contribution in [2.75, 3.05) is 0 Å². The fourth-order valence-corrected chi connectivity index (χ4v) is 1.78. The van der Waals surface area contributed by atoms with Gasteiger partial charge in [0.05, 0.1) is 4.92 Å². The van der Waals surface area contributed by atoms with Crippen molar-refractivity contribution in [1.29, 1.82) is 0 Å². The van der Waals surface area contributed by atoms with Crippen LogP contribution in [0.1, 0.15) is 12.0 Å². The molecule has 0 saturated heterocycles. The van der Waals surface area contributed by atoms with Gasteiger partial charge in [-0.25, -0.2) is 13.8 Å². The van der Waals surface area contributed by atoms with Crippen LogP contribution in [0.5, 0.6) is 0 Å². The van der Waals surface area contributed by atoms with Crippen molar-refractivity contribution in [3.63, 3.8) is 0 Å². The molecule has 8 heteroatoms. The summed E-state index contributed by atoms with van der Waals surface area (Å²) < 4.78 is 24.9. The summed E-state index contributed by atoms with van der Waals surface area (Å²) in [6, 6.07) is 0.952. The first-order valence-corrected chi connectivity index (χ1v) is 4.67. The van der Waals surface area contributed by atoms with E-state index in [4.69, 9.17) is 11.6 Å². The van der Waals surface area contributed by atoms with E-state index in [9.17, 15) is 18.9 Å². The van der Waals surface area contributed by atoms with Gasteiger partial charge >= 0.3 is 0 Å². The molecule has 0 aliphatic carbocycles. The summed E-state index contributed by atoms with van der Waals surface area (Å²) in [4.78, 5) is 13.0. The monoisotopic (exact) mass is 334 g/mol. The van der Waals surface area contributed by atoms with Crippen molar-refractivity contribution in [2.24, 2.45) is 0 Å². The Kier molecular flexibility index (Phi) is 3.53. The number of nitro groups is 1. The number of rotatable bonds is 2.